The second-order valence-electron chi connectivity index (χ2n) is 8.84. The number of alkyl halides is 3. The van der Waals surface area contributed by atoms with Crippen molar-refractivity contribution in [2.24, 2.45) is 5.73 Å². The van der Waals surface area contributed by atoms with Gasteiger partial charge in [-0.25, -0.2) is 4.79 Å². The number of amides is 4. The predicted octanol–water partition coefficient (Wildman–Crippen LogP) is 0.174. The first kappa shape index (κ1) is 27.0. The Labute approximate surface area is 195 Å². The Hall–Kier alpha value is -3.22. The zero-order valence-electron chi connectivity index (χ0n) is 19.3. The maximum atomic E-state index is 12.9. The van der Waals surface area contributed by atoms with Gasteiger partial charge in [0.05, 0.1) is 18.6 Å². The number of aromatic nitrogens is 1. The Kier molecular flexibility index (Phi) is 8.24. The molecule has 1 saturated heterocycles. The molecule has 1 atom stereocenters. The Morgan fingerprint density at radius 1 is 1.26 bits per heavy atom. The number of piperazine rings is 1. The highest BCUT2D eigenvalue weighted by atomic mass is 19.4. The molecule has 2 heterocycles. The summed E-state index contributed by atoms with van der Waals surface area (Å²) in [5.74, 6) is -1.08. The van der Waals surface area contributed by atoms with E-state index in [1.807, 2.05) is 0 Å². The summed E-state index contributed by atoms with van der Waals surface area (Å²) < 4.78 is 38.6. The van der Waals surface area contributed by atoms with Gasteiger partial charge in [0.15, 0.2) is 0 Å². The number of rotatable bonds is 7. The van der Waals surface area contributed by atoms with E-state index in [4.69, 9.17) is 5.73 Å². The van der Waals surface area contributed by atoms with Crippen LogP contribution in [-0.4, -0.2) is 101 Å². The van der Waals surface area contributed by atoms with E-state index >= 15 is 0 Å². The lowest BCUT2D eigenvalue weighted by Crippen LogP contribution is -2.69. The number of nitrogens with one attached hydrogen (secondary N) is 1. The lowest BCUT2D eigenvalue weighted by atomic mass is 9.89. The minimum Gasteiger partial charge on any atom is -0.345 e. The average Bonchev–Trinajstić information content (AvgIpc) is 2.75. The summed E-state index contributed by atoms with van der Waals surface area (Å²) in [5, 5.41) is 2.42. The highest BCUT2D eigenvalue weighted by molar-refractivity contribution is 5.90. The zero-order valence-corrected chi connectivity index (χ0v) is 19.3. The molecule has 4 amide bonds. The number of nitrogens with zero attached hydrogens (tertiary/aromatic N) is 4. The number of hydrogen-bond donors (Lipinski definition) is 2. The van der Waals surface area contributed by atoms with E-state index in [1.54, 1.807) is 18.2 Å². The summed E-state index contributed by atoms with van der Waals surface area (Å²) in [6.07, 6.45) is -2.80. The van der Waals surface area contributed by atoms with Gasteiger partial charge in [0, 0.05) is 38.4 Å². The lowest BCUT2D eigenvalue weighted by molar-refractivity contribution is -0.143. The summed E-state index contributed by atoms with van der Waals surface area (Å²) in [4.78, 5) is 57.0. The summed E-state index contributed by atoms with van der Waals surface area (Å²) in [7, 11) is 0.994. The van der Waals surface area contributed by atoms with Gasteiger partial charge >= 0.3 is 12.2 Å². The minimum atomic E-state index is -4.62. The van der Waals surface area contributed by atoms with Gasteiger partial charge in [-0.3, -0.25) is 14.6 Å². The number of urea groups is 1. The first-order valence-corrected chi connectivity index (χ1v) is 10.5. The van der Waals surface area contributed by atoms with E-state index in [0.717, 1.165) is 11.9 Å². The number of halogens is 3. The SMILES string of the molecule is CN(CC(F)(F)F)C(=O)N1CCN(C(=O)CNC(=O)C(C)(C)N)CC1(C=O)Cc1ccccn1. The summed E-state index contributed by atoms with van der Waals surface area (Å²) in [6.45, 7) is 0.556. The minimum absolute atomic E-state index is 0.0376. The molecule has 3 N–H and O–H groups in total. The van der Waals surface area contributed by atoms with Gasteiger partial charge in [-0.15, -0.1) is 0 Å². The van der Waals surface area contributed by atoms with Crippen molar-refractivity contribution in [1.29, 1.82) is 0 Å². The van der Waals surface area contributed by atoms with Crippen molar-refractivity contribution in [2.45, 2.75) is 37.5 Å². The monoisotopic (exact) mass is 486 g/mol. The van der Waals surface area contributed by atoms with E-state index in [9.17, 15) is 32.3 Å². The molecule has 2 rings (SSSR count). The van der Waals surface area contributed by atoms with E-state index in [0.29, 0.717) is 16.9 Å². The molecular weight excluding hydrogens is 457 g/mol. The molecule has 1 fully saturated rings. The number of pyridine rings is 1. The van der Waals surface area contributed by atoms with Crippen LogP contribution in [-0.2, 0) is 20.8 Å². The Morgan fingerprint density at radius 2 is 1.94 bits per heavy atom. The van der Waals surface area contributed by atoms with Gasteiger partial charge in [0.1, 0.15) is 18.4 Å². The fourth-order valence-corrected chi connectivity index (χ4v) is 3.59. The lowest BCUT2D eigenvalue weighted by Gasteiger charge is -2.48. The van der Waals surface area contributed by atoms with Crippen molar-refractivity contribution < 1.29 is 32.3 Å². The molecule has 13 heteroatoms. The molecule has 1 aliphatic rings. The van der Waals surface area contributed by atoms with Gasteiger partial charge in [-0.05, 0) is 26.0 Å². The van der Waals surface area contributed by atoms with Crippen LogP contribution < -0.4 is 11.1 Å². The molecule has 1 aliphatic heterocycles. The quantitative estimate of drug-likeness (QED) is 0.529. The van der Waals surface area contributed by atoms with Crippen molar-refractivity contribution in [3.63, 3.8) is 0 Å². The maximum absolute atomic E-state index is 12.9. The van der Waals surface area contributed by atoms with Crippen LogP contribution in [0.4, 0.5) is 18.0 Å². The molecule has 1 aromatic rings. The number of carbonyl (C=O) groups is 4. The van der Waals surface area contributed by atoms with Crippen LogP contribution in [0.15, 0.2) is 24.4 Å². The molecule has 0 spiro atoms. The molecule has 1 unspecified atom stereocenters. The summed E-state index contributed by atoms with van der Waals surface area (Å²) in [5.41, 5.74) is 3.25. The number of hydrogen-bond acceptors (Lipinski definition) is 6. The highest BCUT2D eigenvalue weighted by Crippen LogP contribution is 2.27. The van der Waals surface area contributed by atoms with Gasteiger partial charge in [0.25, 0.3) is 0 Å². The fraction of sp³-hybridized carbons (Fsp3) is 0.571. The van der Waals surface area contributed by atoms with Crippen LogP contribution in [0.2, 0.25) is 0 Å². The van der Waals surface area contributed by atoms with Crippen LogP contribution in [0.25, 0.3) is 0 Å². The van der Waals surface area contributed by atoms with Crippen molar-refractivity contribution in [2.75, 3.05) is 39.8 Å². The van der Waals surface area contributed by atoms with Crippen molar-refractivity contribution in [3.05, 3.63) is 30.1 Å². The second kappa shape index (κ2) is 10.4. The van der Waals surface area contributed by atoms with Gasteiger partial charge < -0.3 is 30.5 Å². The van der Waals surface area contributed by atoms with Crippen LogP contribution in [0.1, 0.15) is 19.5 Å². The van der Waals surface area contributed by atoms with Crippen LogP contribution in [0.5, 0.6) is 0 Å². The van der Waals surface area contributed by atoms with E-state index in [2.05, 4.69) is 10.3 Å². The molecule has 188 valence electrons. The topological polar surface area (TPSA) is 129 Å². The Morgan fingerprint density at radius 3 is 2.47 bits per heavy atom. The van der Waals surface area contributed by atoms with E-state index in [-0.39, 0.29) is 32.6 Å². The molecule has 0 saturated carbocycles. The first-order chi connectivity index (χ1) is 15.7. The van der Waals surface area contributed by atoms with Crippen molar-refractivity contribution >= 4 is 24.1 Å². The molecule has 0 radical (unpaired) electrons. The Bertz CT molecular complexity index is 906. The molecule has 10 nitrogen and oxygen atoms in total. The third kappa shape index (κ3) is 6.89. The second-order valence-corrected chi connectivity index (χ2v) is 8.84. The maximum Gasteiger partial charge on any atom is 0.406 e. The highest BCUT2D eigenvalue weighted by Gasteiger charge is 2.47. The Balaban J connectivity index is 2.29. The van der Waals surface area contributed by atoms with Gasteiger partial charge in [0.2, 0.25) is 11.8 Å². The van der Waals surface area contributed by atoms with Crippen LogP contribution >= 0.6 is 0 Å². The van der Waals surface area contributed by atoms with Crippen molar-refractivity contribution in [3.8, 4) is 0 Å². The molecular formula is C21H29F3N6O4. The largest absolute Gasteiger partial charge is 0.406 e. The average molecular weight is 486 g/mol. The van der Waals surface area contributed by atoms with Crippen LogP contribution in [0, 0.1) is 0 Å². The van der Waals surface area contributed by atoms with E-state index < -0.39 is 41.6 Å². The molecule has 1 aromatic heterocycles. The number of nitrogens with two attached hydrogens (primary N) is 1. The van der Waals surface area contributed by atoms with Gasteiger partial charge in [-0.1, -0.05) is 6.07 Å². The standard InChI is InChI=1S/C21H29F3N6O4/c1-19(2,25)17(33)27-11-16(32)29-8-9-30(18(34)28(3)13-21(22,23)24)20(12-29,14-31)10-15-6-4-5-7-26-15/h4-7,14H,8-13,25H2,1-3H3,(H,27,33). The third-order valence-electron chi connectivity index (χ3n) is 5.34. The molecule has 0 bridgehead atoms. The number of aldehydes is 1. The molecule has 0 aliphatic carbocycles. The summed E-state index contributed by atoms with van der Waals surface area (Å²) >= 11 is 0. The normalized spacial score (nSPS) is 18.9. The van der Waals surface area contributed by atoms with Gasteiger partial charge in [-0.2, -0.15) is 13.2 Å². The fourth-order valence-electron chi connectivity index (χ4n) is 3.59. The molecule has 34 heavy (non-hydrogen) atoms. The zero-order chi connectivity index (χ0) is 25.7. The summed E-state index contributed by atoms with van der Waals surface area (Å²) in [6, 6.07) is 3.93. The number of carbonyl (C=O) groups excluding carboxylic acids is 4. The molecule has 0 aromatic carbocycles. The van der Waals surface area contributed by atoms with E-state index in [1.165, 1.54) is 24.9 Å². The first-order valence-electron chi connectivity index (χ1n) is 10.5. The van der Waals surface area contributed by atoms with Crippen molar-refractivity contribution in [1.82, 2.24) is 25.0 Å². The smallest absolute Gasteiger partial charge is 0.345 e. The van der Waals surface area contributed by atoms with Crippen LogP contribution in [0.3, 0.4) is 0 Å². The third-order valence-corrected chi connectivity index (χ3v) is 5.34. The predicted molar refractivity (Wildman–Crippen MR) is 115 cm³/mol.